The van der Waals surface area contributed by atoms with Crippen LogP contribution >= 0.6 is 0 Å². The minimum absolute atomic E-state index is 0.0578. The number of furan rings is 1. The summed E-state index contributed by atoms with van der Waals surface area (Å²) in [6, 6.07) is 26.9. The Morgan fingerprint density at radius 2 is 1.64 bits per heavy atom. The minimum atomic E-state index is -0.471. The van der Waals surface area contributed by atoms with Gasteiger partial charge in [0.05, 0.1) is 16.7 Å². The van der Waals surface area contributed by atoms with E-state index in [-0.39, 0.29) is 12.3 Å². The molecule has 8 nitrogen and oxygen atoms in total. The summed E-state index contributed by atoms with van der Waals surface area (Å²) >= 11 is 0. The second kappa shape index (κ2) is 10.1. The molecule has 0 atom stereocenters. The van der Waals surface area contributed by atoms with E-state index < -0.39 is 10.8 Å². The number of nitrogens with zero attached hydrogens (tertiary/aromatic N) is 2. The summed E-state index contributed by atoms with van der Waals surface area (Å²) < 4.78 is 11.1. The third-order valence-corrected chi connectivity index (χ3v) is 4.71. The zero-order valence-electron chi connectivity index (χ0n) is 17.4. The first-order chi connectivity index (χ1) is 16.1. The van der Waals surface area contributed by atoms with Crippen molar-refractivity contribution in [2.45, 2.75) is 0 Å². The number of amides is 1. The third kappa shape index (κ3) is 5.50. The van der Waals surface area contributed by atoms with Crippen LogP contribution in [0.4, 0.5) is 5.69 Å². The summed E-state index contributed by atoms with van der Waals surface area (Å²) in [5.41, 5.74) is 4.80. The first-order valence-corrected chi connectivity index (χ1v) is 10.0. The van der Waals surface area contributed by atoms with Gasteiger partial charge in [0.2, 0.25) is 0 Å². The minimum Gasteiger partial charge on any atom is -0.484 e. The van der Waals surface area contributed by atoms with Crippen LogP contribution in [0.2, 0.25) is 0 Å². The Morgan fingerprint density at radius 1 is 0.939 bits per heavy atom. The molecule has 1 N–H and O–H groups in total. The molecule has 0 saturated carbocycles. The van der Waals surface area contributed by atoms with E-state index in [1.165, 1.54) is 12.3 Å². The monoisotopic (exact) mass is 441 g/mol. The van der Waals surface area contributed by atoms with Crippen molar-refractivity contribution in [1.82, 2.24) is 5.43 Å². The summed E-state index contributed by atoms with van der Waals surface area (Å²) in [7, 11) is 0. The lowest BCUT2D eigenvalue weighted by Gasteiger charge is -2.06. The Kier molecular flexibility index (Phi) is 6.56. The van der Waals surface area contributed by atoms with Gasteiger partial charge >= 0.3 is 0 Å². The molecule has 1 heterocycles. The van der Waals surface area contributed by atoms with Gasteiger partial charge in [0.15, 0.2) is 6.61 Å². The Morgan fingerprint density at radius 3 is 2.39 bits per heavy atom. The maximum atomic E-state index is 12.0. The van der Waals surface area contributed by atoms with Gasteiger partial charge in [-0.2, -0.15) is 5.10 Å². The molecule has 0 aliphatic heterocycles. The molecule has 4 aromatic rings. The number of ether oxygens (including phenoxy) is 1. The smallest absolute Gasteiger partial charge is 0.280 e. The third-order valence-electron chi connectivity index (χ3n) is 4.71. The number of nitro benzene ring substituents is 1. The molecule has 8 heteroatoms. The topological polar surface area (TPSA) is 107 Å². The molecular formula is C25H19N3O5. The van der Waals surface area contributed by atoms with E-state index in [2.05, 4.69) is 10.5 Å². The van der Waals surface area contributed by atoms with Crippen LogP contribution in [-0.4, -0.2) is 23.7 Å². The van der Waals surface area contributed by atoms with Crippen LogP contribution in [0.3, 0.4) is 0 Å². The van der Waals surface area contributed by atoms with Gasteiger partial charge in [0.25, 0.3) is 11.6 Å². The molecule has 0 radical (unpaired) electrons. The maximum absolute atomic E-state index is 12.0. The molecule has 1 amide bonds. The van der Waals surface area contributed by atoms with Crippen molar-refractivity contribution in [2.24, 2.45) is 5.10 Å². The number of nitrogens with one attached hydrogen (secondary N) is 1. The van der Waals surface area contributed by atoms with Gasteiger partial charge in [0, 0.05) is 6.07 Å². The molecule has 0 fully saturated rings. The molecule has 33 heavy (non-hydrogen) atoms. The van der Waals surface area contributed by atoms with E-state index >= 15 is 0 Å². The predicted molar refractivity (Wildman–Crippen MR) is 124 cm³/mol. The average molecular weight is 441 g/mol. The number of hydrazone groups is 1. The number of carbonyl (C=O) groups excluding carboxylic acids is 1. The molecule has 0 saturated heterocycles. The first-order valence-electron chi connectivity index (χ1n) is 10.0. The summed E-state index contributed by atoms with van der Waals surface area (Å²) in [6.07, 6.45) is 1.31. The van der Waals surface area contributed by atoms with Crippen molar-refractivity contribution in [3.05, 3.63) is 107 Å². The number of benzene rings is 3. The van der Waals surface area contributed by atoms with Gasteiger partial charge in [-0.3, -0.25) is 14.9 Å². The van der Waals surface area contributed by atoms with Crippen molar-refractivity contribution in [3.63, 3.8) is 0 Å². The van der Waals surface area contributed by atoms with Gasteiger partial charge in [-0.25, -0.2) is 5.43 Å². The SMILES string of the molecule is O=C(COc1ccc(-c2ccccc2)cc1)N/N=C/c1ccc(-c2ccccc2[N+](=O)[O-])o1. The van der Waals surface area contributed by atoms with Gasteiger partial charge in [-0.05, 0) is 41.5 Å². The van der Waals surface area contributed by atoms with E-state index in [9.17, 15) is 14.9 Å². The number of hydrogen-bond donors (Lipinski definition) is 1. The zero-order chi connectivity index (χ0) is 23.0. The standard InChI is InChI=1S/C25H19N3O5/c29-25(17-32-20-12-10-19(11-13-20)18-6-2-1-3-7-18)27-26-16-21-14-15-24(33-21)22-8-4-5-9-23(22)28(30)31/h1-16H,17H2,(H,27,29)/b26-16+. The summed E-state index contributed by atoms with van der Waals surface area (Å²) in [4.78, 5) is 22.7. The summed E-state index contributed by atoms with van der Waals surface area (Å²) in [5, 5.41) is 15.0. The fraction of sp³-hybridized carbons (Fsp3) is 0.0400. The van der Waals surface area contributed by atoms with Crippen LogP contribution in [0.25, 0.3) is 22.5 Å². The van der Waals surface area contributed by atoms with Crippen molar-refractivity contribution in [2.75, 3.05) is 6.61 Å². The van der Waals surface area contributed by atoms with Crippen LogP contribution in [0.15, 0.2) is 101 Å². The Bertz CT molecular complexity index is 1280. The normalized spacial score (nSPS) is 10.8. The molecule has 0 aliphatic carbocycles. The Labute approximate surface area is 189 Å². The first kappa shape index (κ1) is 21.5. The van der Waals surface area contributed by atoms with Crippen LogP contribution < -0.4 is 10.2 Å². The van der Waals surface area contributed by atoms with Crippen molar-refractivity contribution >= 4 is 17.8 Å². The van der Waals surface area contributed by atoms with E-state index in [4.69, 9.17) is 9.15 Å². The number of nitro groups is 1. The lowest BCUT2D eigenvalue weighted by atomic mass is 10.1. The number of hydrogen-bond acceptors (Lipinski definition) is 6. The molecule has 0 unspecified atom stereocenters. The van der Waals surface area contributed by atoms with Gasteiger partial charge in [-0.1, -0.05) is 54.6 Å². The molecule has 0 aliphatic rings. The predicted octanol–water partition coefficient (Wildman–Crippen LogP) is 5.05. The molecule has 0 spiro atoms. The summed E-state index contributed by atoms with van der Waals surface area (Å²) in [6.45, 7) is -0.207. The molecule has 1 aromatic heterocycles. The summed E-state index contributed by atoms with van der Waals surface area (Å²) in [5.74, 6) is 0.788. The Balaban J connectivity index is 1.29. The van der Waals surface area contributed by atoms with Crippen molar-refractivity contribution in [1.29, 1.82) is 0 Å². The number of para-hydroxylation sites is 1. The highest BCUT2D eigenvalue weighted by Gasteiger charge is 2.16. The highest BCUT2D eigenvalue weighted by Crippen LogP contribution is 2.30. The van der Waals surface area contributed by atoms with Crippen LogP contribution in [0, 0.1) is 10.1 Å². The van der Waals surface area contributed by atoms with Gasteiger partial charge in [-0.15, -0.1) is 0 Å². The quantitative estimate of drug-likeness (QED) is 0.234. The second-order valence-electron chi connectivity index (χ2n) is 6.95. The lowest BCUT2D eigenvalue weighted by molar-refractivity contribution is -0.384. The Hall–Kier alpha value is -4.72. The molecule has 164 valence electrons. The maximum Gasteiger partial charge on any atom is 0.280 e. The van der Waals surface area contributed by atoms with Crippen molar-refractivity contribution in [3.8, 4) is 28.2 Å². The van der Waals surface area contributed by atoms with Crippen LogP contribution in [0.5, 0.6) is 5.75 Å². The fourth-order valence-corrected chi connectivity index (χ4v) is 3.13. The highest BCUT2D eigenvalue weighted by atomic mass is 16.6. The molecular weight excluding hydrogens is 422 g/mol. The van der Waals surface area contributed by atoms with Crippen molar-refractivity contribution < 1.29 is 18.9 Å². The van der Waals surface area contributed by atoms with E-state index in [1.807, 2.05) is 42.5 Å². The second-order valence-corrected chi connectivity index (χ2v) is 6.95. The average Bonchev–Trinajstić information content (AvgIpc) is 3.32. The van der Waals surface area contributed by atoms with E-state index in [1.54, 1.807) is 42.5 Å². The van der Waals surface area contributed by atoms with Crippen LogP contribution in [0.1, 0.15) is 5.76 Å². The van der Waals surface area contributed by atoms with Gasteiger partial charge < -0.3 is 9.15 Å². The van der Waals surface area contributed by atoms with Crippen LogP contribution in [-0.2, 0) is 4.79 Å². The van der Waals surface area contributed by atoms with Gasteiger partial charge in [0.1, 0.15) is 17.3 Å². The molecule has 0 bridgehead atoms. The number of carbonyl (C=O) groups is 1. The zero-order valence-corrected chi connectivity index (χ0v) is 17.4. The lowest BCUT2D eigenvalue weighted by Crippen LogP contribution is -2.24. The fourth-order valence-electron chi connectivity index (χ4n) is 3.13. The number of rotatable bonds is 8. The molecule has 3 aromatic carbocycles. The molecule has 4 rings (SSSR count). The highest BCUT2D eigenvalue weighted by molar-refractivity contribution is 5.82. The van der Waals surface area contributed by atoms with E-state index in [0.29, 0.717) is 22.8 Å². The van der Waals surface area contributed by atoms with E-state index in [0.717, 1.165) is 11.1 Å². The largest absolute Gasteiger partial charge is 0.484 e.